The molecule has 0 radical (unpaired) electrons. The lowest BCUT2D eigenvalue weighted by Crippen LogP contribution is -2.44. The number of rotatable bonds is 6. The Bertz CT molecular complexity index is 493. The molecule has 1 unspecified atom stereocenters. The zero-order valence-electron chi connectivity index (χ0n) is 12.9. The van der Waals surface area contributed by atoms with E-state index in [0.717, 1.165) is 10.2 Å². The van der Waals surface area contributed by atoms with Crippen molar-refractivity contribution in [2.45, 2.75) is 34.1 Å². The molecule has 6 heteroatoms. The van der Waals surface area contributed by atoms with Crippen LogP contribution in [0, 0.1) is 11.3 Å². The Hall–Kier alpha value is -0.880. The van der Waals surface area contributed by atoms with Crippen molar-refractivity contribution in [1.82, 2.24) is 5.32 Å². The predicted molar refractivity (Wildman–Crippen MR) is 88.3 cm³/mol. The van der Waals surface area contributed by atoms with Crippen LogP contribution < -0.4 is 5.32 Å². The Morgan fingerprint density at radius 2 is 2.05 bits per heavy atom. The summed E-state index contributed by atoms with van der Waals surface area (Å²) in [7, 11) is 0. The highest BCUT2D eigenvalue weighted by atomic mass is 79.9. The quantitative estimate of drug-likeness (QED) is 0.612. The van der Waals surface area contributed by atoms with Crippen LogP contribution in [0.15, 0.2) is 15.9 Å². The second-order valence-electron chi connectivity index (χ2n) is 5.80. The van der Waals surface area contributed by atoms with E-state index in [1.54, 1.807) is 18.3 Å². The molecular weight excluding hydrogens is 354 g/mol. The monoisotopic (exact) mass is 375 g/mol. The van der Waals surface area contributed by atoms with Crippen molar-refractivity contribution in [1.29, 1.82) is 0 Å². The average Bonchev–Trinajstić information content (AvgIpc) is 2.73. The van der Waals surface area contributed by atoms with Crippen molar-refractivity contribution in [3.63, 3.8) is 0 Å². The van der Waals surface area contributed by atoms with Gasteiger partial charge in [-0.1, -0.05) is 20.8 Å². The van der Waals surface area contributed by atoms with E-state index in [4.69, 9.17) is 4.74 Å². The number of nitrogens with one attached hydrogen (secondary N) is 1. The largest absolute Gasteiger partial charge is 0.465 e. The van der Waals surface area contributed by atoms with Crippen molar-refractivity contribution < 1.29 is 14.3 Å². The fraction of sp³-hybridized carbons (Fsp3) is 0.600. The van der Waals surface area contributed by atoms with E-state index in [1.165, 1.54) is 4.88 Å². The molecule has 0 aliphatic heterocycles. The Kier molecular flexibility index (Phi) is 6.87. The molecule has 0 aliphatic rings. The number of hydrogen-bond donors (Lipinski definition) is 1. The number of carbonyl (C=O) groups is 2. The maximum atomic E-state index is 12.3. The van der Waals surface area contributed by atoms with Gasteiger partial charge in [0.25, 0.3) is 0 Å². The topological polar surface area (TPSA) is 55.4 Å². The smallest absolute Gasteiger partial charge is 0.319 e. The number of thiophene rings is 1. The molecule has 0 aliphatic carbocycles. The van der Waals surface area contributed by atoms with Crippen LogP contribution in [0.2, 0.25) is 0 Å². The SMILES string of the molecule is CCOC(=O)C(C(=O)NCCc1ccc(Br)s1)C(C)(C)C. The number of hydrogen-bond acceptors (Lipinski definition) is 4. The highest BCUT2D eigenvalue weighted by molar-refractivity contribution is 9.11. The molecular formula is C15H22BrNO3S. The van der Waals surface area contributed by atoms with Gasteiger partial charge in [0.15, 0.2) is 0 Å². The first-order chi connectivity index (χ1) is 9.75. The van der Waals surface area contributed by atoms with Crippen LogP contribution >= 0.6 is 27.3 Å². The lowest BCUT2D eigenvalue weighted by atomic mass is 9.80. The summed E-state index contributed by atoms with van der Waals surface area (Å²) in [5.41, 5.74) is -0.470. The Labute approximate surface area is 138 Å². The van der Waals surface area contributed by atoms with Crippen LogP contribution in [0.25, 0.3) is 0 Å². The summed E-state index contributed by atoms with van der Waals surface area (Å²) in [6.07, 6.45) is 0.752. The van der Waals surface area contributed by atoms with E-state index in [-0.39, 0.29) is 12.5 Å². The van der Waals surface area contributed by atoms with Crippen LogP contribution in [0.3, 0.4) is 0 Å². The molecule has 1 amide bonds. The lowest BCUT2D eigenvalue weighted by molar-refractivity contribution is -0.156. The van der Waals surface area contributed by atoms with Crippen molar-refractivity contribution in [3.8, 4) is 0 Å². The van der Waals surface area contributed by atoms with Gasteiger partial charge in [-0.3, -0.25) is 9.59 Å². The van der Waals surface area contributed by atoms with Crippen LogP contribution in [0.1, 0.15) is 32.6 Å². The molecule has 1 rings (SSSR count). The molecule has 0 saturated heterocycles. The maximum absolute atomic E-state index is 12.3. The van der Waals surface area contributed by atoms with Gasteiger partial charge in [-0.05, 0) is 46.8 Å². The number of carbonyl (C=O) groups excluding carboxylic acids is 2. The standard InChI is InChI=1S/C15H22BrNO3S/c1-5-20-14(19)12(15(2,3)4)13(18)17-9-8-10-6-7-11(16)21-10/h6-7,12H,5,8-9H2,1-4H3,(H,17,18). The maximum Gasteiger partial charge on any atom is 0.319 e. The summed E-state index contributed by atoms with van der Waals surface area (Å²) in [5.74, 6) is -1.51. The zero-order chi connectivity index (χ0) is 16.0. The molecule has 1 aromatic heterocycles. The third kappa shape index (κ3) is 5.79. The van der Waals surface area contributed by atoms with E-state index >= 15 is 0 Å². The zero-order valence-corrected chi connectivity index (χ0v) is 15.3. The van der Waals surface area contributed by atoms with Gasteiger partial charge in [-0.15, -0.1) is 11.3 Å². The van der Waals surface area contributed by atoms with Gasteiger partial charge in [0.2, 0.25) is 5.91 Å². The van der Waals surface area contributed by atoms with Gasteiger partial charge < -0.3 is 10.1 Å². The summed E-state index contributed by atoms with van der Waals surface area (Å²) < 4.78 is 6.09. The van der Waals surface area contributed by atoms with Gasteiger partial charge in [-0.25, -0.2) is 0 Å². The third-order valence-electron chi connectivity index (χ3n) is 2.95. The van der Waals surface area contributed by atoms with Gasteiger partial charge in [0.05, 0.1) is 10.4 Å². The minimum Gasteiger partial charge on any atom is -0.465 e. The molecule has 1 N–H and O–H groups in total. The summed E-state index contributed by atoms with van der Waals surface area (Å²) >= 11 is 5.05. The molecule has 1 atom stereocenters. The molecule has 118 valence electrons. The Morgan fingerprint density at radius 1 is 1.38 bits per heavy atom. The van der Waals surface area contributed by atoms with Gasteiger partial charge in [-0.2, -0.15) is 0 Å². The summed E-state index contributed by atoms with van der Waals surface area (Å²) in [6.45, 7) is 8.13. The van der Waals surface area contributed by atoms with Crippen LogP contribution in [0.4, 0.5) is 0 Å². The molecule has 4 nitrogen and oxygen atoms in total. The molecule has 0 fully saturated rings. The highest BCUT2D eigenvalue weighted by Crippen LogP contribution is 2.27. The molecule has 0 spiro atoms. The summed E-state index contributed by atoms with van der Waals surface area (Å²) in [4.78, 5) is 25.5. The molecule has 1 heterocycles. The fourth-order valence-electron chi connectivity index (χ4n) is 1.98. The van der Waals surface area contributed by atoms with Gasteiger partial charge in [0.1, 0.15) is 5.92 Å². The Balaban J connectivity index is 2.58. The van der Waals surface area contributed by atoms with Crippen molar-refractivity contribution in [2.75, 3.05) is 13.2 Å². The first-order valence-corrected chi connectivity index (χ1v) is 8.55. The van der Waals surface area contributed by atoms with E-state index in [2.05, 4.69) is 21.2 Å². The number of ether oxygens (including phenoxy) is 1. The van der Waals surface area contributed by atoms with Crippen molar-refractivity contribution >= 4 is 39.1 Å². The van der Waals surface area contributed by atoms with Gasteiger partial charge in [0, 0.05) is 11.4 Å². The van der Waals surface area contributed by atoms with Crippen molar-refractivity contribution in [2.24, 2.45) is 11.3 Å². The number of halogens is 1. The van der Waals surface area contributed by atoms with Crippen molar-refractivity contribution in [3.05, 3.63) is 20.8 Å². The minimum absolute atomic E-state index is 0.267. The van der Waals surface area contributed by atoms with E-state index in [1.807, 2.05) is 32.9 Å². The number of esters is 1. The molecule has 21 heavy (non-hydrogen) atoms. The lowest BCUT2D eigenvalue weighted by Gasteiger charge is -2.27. The third-order valence-corrected chi connectivity index (χ3v) is 4.63. The van der Waals surface area contributed by atoms with Gasteiger partial charge >= 0.3 is 5.97 Å². The highest BCUT2D eigenvalue weighted by Gasteiger charge is 2.38. The predicted octanol–water partition coefficient (Wildman–Crippen LogP) is 3.39. The molecule has 0 saturated carbocycles. The summed E-state index contributed by atoms with van der Waals surface area (Å²) in [6, 6.07) is 4.01. The molecule has 0 aromatic carbocycles. The second kappa shape index (κ2) is 7.94. The second-order valence-corrected chi connectivity index (χ2v) is 8.35. The van der Waals surface area contributed by atoms with E-state index < -0.39 is 17.3 Å². The average molecular weight is 376 g/mol. The van der Waals surface area contributed by atoms with Crippen LogP contribution in [-0.4, -0.2) is 25.0 Å². The first-order valence-electron chi connectivity index (χ1n) is 6.94. The van der Waals surface area contributed by atoms with E-state index in [0.29, 0.717) is 6.54 Å². The molecule has 0 bridgehead atoms. The van der Waals surface area contributed by atoms with E-state index in [9.17, 15) is 9.59 Å². The van der Waals surface area contributed by atoms with Crippen LogP contribution in [0.5, 0.6) is 0 Å². The Morgan fingerprint density at radius 3 is 2.52 bits per heavy atom. The summed E-state index contributed by atoms with van der Waals surface area (Å²) in [5, 5.41) is 2.84. The normalized spacial score (nSPS) is 12.8. The van der Waals surface area contributed by atoms with Crippen LogP contribution in [-0.2, 0) is 20.7 Å². The molecule has 1 aromatic rings. The fourth-order valence-corrected chi connectivity index (χ4v) is 3.46. The minimum atomic E-state index is -0.785. The number of amides is 1. The first kappa shape index (κ1) is 18.2.